The van der Waals surface area contributed by atoms with E-state index in [0.717, 1.165) is 0 Å². The molecule has 1 unspecified atom stereocenters. The summed E-state index contributed by atoms with van der Waals surface area (Å²) < 4.78 is 19.7. The van der Waals surface area contributed by atoms with E-state index >= 15 is 0 Å². The van der Waals surface area contributed by atoms with Gasteiger partial charge < -0.3 is 15.2 Å². The summed E-state index contributed by atoms with van der Waals surface area (Å²) >= 11 is 0. The van der Waals surface area contributed by atoms with Crippen molar-refractivity contribution in [3.63, 3.8) is 0 Å². The van der Waals surface area contributed by atoms with Crippen molar-refractivity contribution in [1.82, 2.24) is 5.32 Å². The Labute approximate surface area is 151 Å². The molecule has 0 spiro atoms. The van der Waals surface area contributed by atoms with Gasteiger partial charge in [0.2, 0.25) is 0 Å². The number of benzene rings is 2. The van der Waals surface area contributed by atoms with Gasteiger partial charge in [-0.15, -0.1) is 0 Å². The molecule has 26 heavy (non-hydrogen) atoms. The summed E-state index contributed by atoms with van der Waals surface area (Å²) in [5.74, 6) is -1.74. The van der Waals surface area contributed by atoms with Gasteiger partial charge in [-0.1, -0.05) is 38.1 Å². The number of amides is 1. The molecular formula is C20H22FNO4. The zero-order chi connectivity index (χ0) is 19.3. The average Bonchev–Trinajstić information content (AvgIpc) is 2.59. The predicted molar refractivity (Wildman–Crippen MR) is 96.8 cm³/mol. The van der Waals surface area contributed by atoms with Crippen LogP contribution in [0.5, 0.6) is 5.75 Å². The molecule has 0 aliphatic rings. The standard InChI is InChI=1S/C20H22FNO4/c1-12(2)11-22-20(25)26-16-6-4-5-15(9-16)17-8-7-14(10-18(17)21)13(3)19(23)24/h4-10,12-13H,11H2,1-3H3,(H,22,25)(H,23,24). The summed E-state index contributed by atoms with van der Waals surface area (Å²) in [6.45, 7) is 5.94. The minimum atomic E-state index is -1.01. The number of hydrogen-bond donors (Lipinski definition) is 2. The first-order valence-corrected chi connectivity index (χ1v) is 8.36. The minimum Gasteiger partial charge on any atom is -0.481 e. The molecule has 1 atom stereocenters. The third-order valence-electron chi connectivity index (χ3n) is 3.87. The smallest absolute Gasteiger partial charge is 0.412 e. The molecule has 0 aliphatic carbocycles. The number of hydrogen-bond acceptors (Lipinski definition) is 3. The topological polar surface area (TPSA) is 75.6 Å². The van der Waals surface area contributed by atoms with Crippen LogP contribution < -0.4 is 10.1 Å². The van der Waals surface area contributed by atoms with E-state index in [2.05, 4.69) is 5.32 Å². The van der Waals surface area contributed by atoms with Gasteiger partial charge in [-0.25, -0.2) is 9.18 Å². The van der Waals surface area contributed by atoms with Gasteiger partial charge in [-0.05, 0) is 42.2 Å². The monoisotopic (exact) mass is 359 g/mol. The number of nitrogens with one attached hydrogen (secondary N) is 1. The highest BCUT2D eigenvalue weighted by Crippen LogP contribution is 2.29. The Hall–Kier alpha value is -2.89. The van der Waals surface area contributed by atoms with Crippen molar-refractivity contribution in [2.45, 2.75) is 26.7 Å². The van der Waals surface area contributed by atoms with Gasteiger partial charge in [-0.3, -0.25) is 4.79 Å². The molecule has 0 fully saturated rings. The van der Waals surface area contributed by atoms with Crippen LogP contribution in [0.3, 0.4) is 0 Å². The number of ether oxygens (including phenoxy) is 1. The predicted octanol–water partition coefficient (Wildman–Crippen LogP) is 4.43. The summed E-state index contributed by atoms with van der Waals surface area (Å²) in [6, 6.07) is 10.9. The summed E-state index contributed by atoms with van der Waals surface area (Å²) in [4.78, 5) is 22.8. The van der Waals surface area contributed by atoms with Crippen molar-refractivity contribution in [2.24, 2.45) is 5.92 Å². The van der Waals surface area contributed by atoms with E-state index in [4.69, 9.17) is 9.84 Å². The van der Waals surface area contributed by atoms with E-state index in [9.17, 15) is 14.0 Å². The Bertz CT molecular complexity index is 804. The maximum Gasteiger partial charge on any atom is 0.412 e. The Balaban J connectivity index is 2.19. The van der Waals surface area contributed by atoms with Crippen molar-refractivity contribution >= 4 is 12.1 Å². The van der Waals surface area contributed by atoms with E-state index in [1.165, 1.54) is 19.1 Å². The van der Waals surface area contributed by atoms with Crippen molar-refractivity contribution in [3.8, 4) is 16.9 Å². The lowest BCUT2D eigenvalue weighted by Gasteiger charge is -2.11. The van der Waals surface area contributed by atoms with E-state index < -0.39 is 23.8 Å². The lowest BCUT2D eigenvalue weighted by molar-refractivity contribution is -0.138. The molecule has 0 aliphatic heterocycles. The maximum absolute atomic E-state index is 14.5. The molecule has 0 aromatic heterocycles. The quantitative estimate of drug-likeness (QED) is 0.800. The van der Waals surface area contributed by atoms with Crippen LogP contribution >= 0.6 is 0 Å². The molecule has 0 bridgehead atoms. The Kier molecular flexibility index (Phi) is 6.33. The molecule has 0 radical (unpaired) electrons. The highest BCUT2D eigenvalue weighted by atomic mass is 19.1. The normalized spacial score (nSPS) is 11.9. The van der Waals surface area contributed by atoms with E-state index in [1.807, 2.05) is 13.8 Å². The summed E-state index contributed by atoms with van der Waals surface area (Å²) in [6.07, 6.45) is -0.568. The first kappa shape index (κ1) is 19.4. The Morgan fingerprint density at radius 2 is 1.88 bits per heavy atom. The lowest BCUT2D eigenvalue weighted by Crippen LogP contribution is -2.30. The van der Waals surface area contributed by atoms with Gasteiger partial charge >= 0.3 is 12.1 Å². The van der Waals surface area contributed by atoms with Crippen molar-refractivity contribution < 1.29 is 23.8 Å². The zero-order valence-corrected chi connectivity index (χ0v) is 15.0. The van der Waals surface area contributed by atoms with Gasteiger partial charge in [0.25, 0.3) is 0 Å². The number of rotatable bonds is 6. The van der Waals surface area contributed by atoms with Gasteiger partial charge in [0.05, 0.1) is 5.92 Å². The molecule has 1 amide bonds. The van der Waals surface area contributed by atoms with E-state index in [-0.39, 0.29) is 0 Å². The fourth-order valence-electron chi connectivity index (χ4n) is 2.34. The van der Waals surface area contributed by atoms with Crippen LogP contribution in [0.15, 0.2) is 42.5 Å². The maximum atomic E-state index is 14.5. The zero-order valence-electron chi connectivity index (χ0n) is 15.0. The molecule has 5 nitrogen and oxygen atoms in total. The molecule has 2 rings (SSSR count). The first-order valence-electron chi connectivity index (χ1n) is 8.36. The third kappa shape index (κ3) is 5.05. The first-order chi connectivity index (χ1) is 12.3. The molecule has 0 heterocycles. The van der Waals surface area contributed by atoms with Crippen LogP contribution in [0.4, 0.5) is 9.18 Å². The van der Waals surface area contributed by atoms with Crippen molar-refractivity contribution in [2.75, 3.05) is 6.54 Å². The second-order valence-electron chi connectivity index (χ2n) is 6.49. The van der Waals surface area contributed by atoms with E-state index in [1.54, 1.807) is 30.3 Å². The number of aliphatic carboxylic acids is 1. The second-order valence-corrected chi connectivity index (χ2v) is 6.49. The number of carbonyl (C=O) groups is 2. The van der Waals surface area contributed by atoms with Crippen molar-refractivity contribution in [3.05, 3.63) is 53.8 Å². The van der Waals surface area contributed by atoms with Gasteiger partial charge in [0.1, 0.15) is 11.6 Å². The number of carbonyl (C=O) groups excluding carboxylic acids is 1. The summed E-state index contributed by atoms with van der Waals surface area (Å²) in [5.41, 5.74) is 1.23. The molecule has 0 saturated heterocycles. The summed E-state index contributed by atoms with van der Waals surface area (Å²) in [7, 11) is 0. The second kappa shape index (κ2) is 8.47. The molecular weight excluding hydrogens is 337 g/mol. The highest BCUT2D eigenvalue weighted by molar-refractivity contribution is 5.76. The fraction of sp³-hybridized carbons (Fsp3) is 0.300. The van der Waals surface area contributed by atoms with Gasteiger partial charge in [0, 0.05) is 12.1 Å². The van der Waals surface area contributed by atoms with Crippen LogP contribution in [-0.4, -0.2) is 23.7 Å². The third-order valence-corrected chi connectivity index (χ3v) is 3.87. The molecule has 2 aromatic carbocycles. The molecule has 2 N–H and O–H groups in total. The molecule has 6 heteroatoms. The number of halogens is 1. The summed E-state index contributed by atoms with van der Waals surface area (Å²) in [5, 5.41) is 11.7. The molecule has 2 aromatic rings. The number of carboxylic acid groups (broad SMARTS) is 1. The van der Waals surface area contributed by atoms with Crippen LogP contribution in [0.1, 0.15) is 32.3 Å². The Morgan fingerprint density at radius 3 is 2.50 bits per heavy atom. The molecule has 0 saturated carbocycles. The Morgan fingerprint density at radius 1 is 1.15 bits per heavy atom. The molecule has 138 valence electrons. The van der Waals surface area contributed by atoms with Crippen LogP contribution in [-0.2, 0) is 4.79 Å². The number of carboxylic acids is 1. The largest absolute Gasteiger partial charge is 0.481 e. The van der Waals surface area contributed by atoms with Crippen LogP contribution in [0, 0.1) is 11.7 Å². The lowest BCUT2D eigenvalue weighted by atomic mass is 9.97. The van der Waals surface area contributed by atoms with Crippen LogP contribution in [0.2, 0.25) is 0 Å². The highest BCUT2D eigenvalue weighted by Gasteiger charge is 2.16. The van der Waals surface area contributed by atoms with E-state index in [0.29, 0.717) is 34.9 Å². The minimum absolute atomic E-state index is 0.297. The fourth-order valence-corrected chi connectivity index (χ4v) is 2.34. The van der Waals surface area contributed by atoms with Gasteiger partial charge in [0.15, 0.2) is 0 Å². The van der Waals surface area contributed by atoms with Gasteiger partial charge in [-0.2, -0.15) is 0 Å². The van der Waals surface area contributed by atoms with Crippen LogP contribution in [0.25, 0.3) is 11.1 Å². The SMILES string of the molecule is CC(C)CNC(=O)Oc1cccc(-c2ccc(C(C)C(=O)O)cc2F)c1. The average molecular weight is 359 g/mol. The van der Waals surface area contributed by atoms with Crippen molar-refractivity contribution in [1.29, 1.82) is 0 Å².